The molecule has 3 N–H and O–H groups in total. The van der Waals surface area contributed by atoms with E-state index in [-0.39, 0.29) is 34.7 Å². The number of nitrogens with one attached hydrogen (secondary N) is 1. The molecule has 0 aliphatic carbocycles. The van der Waals surface area contributed by atoms with Crippen molar-refractivity contribution >= 4 is 40.1 Å². The summed E-state index contributed by atoms with van der Waals surface area (Å²) >= 11 is 0. The van der Waals surface area contributed by atoms with E-state index in [1.54, 1.807) is 25.2 Å². The minimum absolute atomic E-state index is 0. The molecule has 0 aliphatic rings. The maximum atomic E-state index is 12.3. The highest BCUT2D eigenvalue weighted by molar-refractivity contribution is 7.89. The highest BCUT2D eigenvalue weighted by Gasteiger charge is 2.15. The van der Waals surface area contributed by atoms with Crippen LogP contribution in [-0.4, -0.2) is 63.7 Å². The normalized spacial score (nSPS) is 11.5. The van der Waals surface area contributed by atoms with Crippen LogP contribution in [0.4, 0.5) is 5.69 Å². The van der Waals surface area contributed by atoms with Gasteiger partial charge in [-0.05, 0) is 62.1 Å². The first-order valence-corrected chi connectivity index (χ1v) is 10.3. The predicted molar refractivity (Wildman–Crippen MR) is 120 cm³/mol. The number of hydrogen-bond donors (Lipinski definition) is 3. The molecule has 0 fully saturated rings. The number of anilines is 1. The summed E-state index contributed by atoms with van der Waals surface area (Å²) in [5, 5.41) is 18.8. The average Bonchev–Trinajstić information content (AvgIpc) is 2.67. The van der Waals surface area contributed by atoms with Gasteiger partial charge in [-0.3, -0.25) is 4.79 Å². The zero-order chi connectivity index (χ0) is 21.6. The number of nitrogens with zero attached hydrogens (tertiary/aromatic N) is 2. The topological polar surface area (TPSA) is 110 Å². The van der Waals surface area contributed by atoms with Gasteiger partial charge in [0.25, 0.3) is 5.91 Å². The largest absolute Gasteiger partial charge is 0.504 e. The molecule has 0 saturated heterocycles. The Kier molecular flexibility index (Phi) is 9.31. The lowest BCUT2D eigenvalue weighted by molar-refractivity contribution is -0.113. The van der Waals surface area contributed by atoms with Gasteiger partial charge in [0.2, 0.25) is 10.0 Å². The molecule has 2 rings (SSSR count). The van der Waals surface area contributed by atoms with E-state index in [0.29, 0.717) is 24.3 Å². The van der Waals surface area contributed by atoms with Crippen LogP contribution in [0.1, 0.15) is 5.56 Å². The van der Waals surface area contributed by atoms with E-state index in [1.807, 2.05) is 19.0 Å². The van der Waals surface area contributed by atoms with Crippen LogP contribution in [0, 0.1) is 0 Å². The van der Waals surface area contributed by atoms with Crippen molar-refractivity contribution in [2.24, 2.45) is 0 Å². The molecular weight excluding hydrogens is 430 g/mol. The van der Waals surface area contributed by atoms with Crippen molar-refractivity contribution in [3.05, 3.63) is 54.1 Å². The number of carbonyl (C=O) groups excluding carboxylic acids is 1. The Hall–Kier alpha value is -2.59. The first kappa shape index (κ1) is 25.4. The van der Waals surface area contributed by atoms with Gasteiger partial charge in [0, 0.05) is 31.9 Å². The first-order valence-electron chi connectivity index (χ1n) is 8.82. The summed E-state index contributed by atoms with van der Waals surface area (Å²) in [6.07, 6.45) is 2.82. The van der Waals surface area contributed by atoms with E-state index in [9.17, 15) is 23.4 Å². The molecule has 0 aliphatic heterocycles. The molecule has 30 heavy (non-hydrogen) atoms. The summed E-state index contributed by atoms with van der Waals surface area (Å²) in [6.45, 7) is 0.882. The lowest BCUT2D eigenvalue weighted by Gasteiger charge is -2.16. The van der Waals surface area contributed by atoms with Crippen molar-refractivity contribution in [1.82, 2.24) is 9.62 Å². The molecule has 8 nitrogen and oxygen atoms in total. The summed E-state index contributed by atoms with van der Waals surface area (Å²) in [4.78, 5) is 15.7. The van der Waals surface area contributed by atoms with E-state index in [0.717, 1.165) is 0 Å². The standard InChI is InChI=1S/C20H25N3O5S.ClH/c1-22(2)13-12-21-29(27,28)17-8-6-16(7-9-17)23(3)20(26)11-5-15-4-10-18(24)19(25)14-15;/h4-11,14,21,24-25H,12-13H2,1-3H3;1H/b11-5+;. The van der Waals surface area contributed by atoms with Gasteiger partial charge in [0.1, 0.15) is 0 Å². The number of phenols is 2. The third kappa shape index (κ3) is 7.03. The molecule has 0 heterocycles. The third-order valence-corrected chi connectivity index (χ3v) is 5.61. The van der Waals surface area contributed by atoms with Gasteiger partial charge in [-0.25, -0.2) is 13.1 Å². The summed E-state index contributed by atoms with van der Waals surface area (Å²) < 4.78 is 27.1. The van der Waals surface area contributed by atoms with E-state index in [4.69, 9.17) is 0 Å². The number of sulfonamides is 1. The highest BCUT2D eigenvalue weighted by atomic mass is 35.5. The van der Waals surface area contributed by atoms with Gasteiger partial charge < -0.3 is 20.0 Å². The Morgan fingerprint density at radius 3 is 2.23 bits per heavy atom. The molecule has 0 radical (unpaired) electrons. The molecule has 0 bridgehead atoms. The number of likely N-dealkylation sites (N-methyl/N-ethyl adjacent to an activating group) is 2. The fourth-order valence-corrected chi connectivity index (χ4v) is 3.41. The first-order chi connectivity index (χ1) is 13.6. The Morgan fingerprint density at radius 1 is 1.03 bits per heavy atom. The van der Waals surface area contributed by atoms with Gasteiger partial charge >= 0.3 is 0 Å². The minimum Gasteiger partial charge on any atom is -0.504 e. The lowest BCUT2D eigenvalue weighted by atomic mass is 10.2. The molecule has 0 aromatic heterocycles. The summed E-state index contributed by atoms with van der Waals surface area (Å²) in [6, 6.07) is 10.2. The number of rotatable bonds is 8. The van der Waals surface area contributed by atoms with E-state index < -0.39 is 10.0 Å². The number of phenolic OH excluding ortho intramolecular Hbond substituents is 2. The zero-order valence-electron chi connectivity index (χ0n) is 16.9. The van der Waals surface area contributed by atoms with Crippen LogP contribution in [0.5, 0.6) is 11.5 Å². The van der Waals surface area contributed by atoms with Crippen LogP contribution in [0.3, 0.4) is 0 Å². The monoisotopic (exact) mass is 455 g/mol. The summed E-state index contributed by atoms with van der Waals surface area (Å²) in [5.74, 6) is -0.849. The Morgan fingerprint density at radius 2 is 1.67 bits per heavy atom. The smallest absolute Gasteiger partial charge is 0.250 e. The molecule has 0 saturated carbocycles. The molecule has 0 atom stereocenters. The number of hydrogen-bond acceptors (Lipinski definition) is 6. The minimum atomic E-state index is -3.61. The number of benzene rings is 2. The maximum Gasteiger partial charge on any atom is 0.250 e. The van der Waals surface area contributed by atoms with Gasteiger partial charge in [0.05, 0.1) is 4.90 Å². The van der Waals surface area contributed by atoms with Gasteiger partial charge in [-0.15, -0.1) is 12.4 Å². The van der Waals surface area contributed by atoms with Gasteiger partial charge in [-0.2, -0.15) is 0 Å². The van der Waals surface area contributed by atoms with E-state index in [2.05, 4.69) is 4.72 Å². The molecule has 10 heteroatoms. The Labute approximate surface area is 182 Å². The third-order valence-electron chi connectivity index (χ3n) is 4.13. The van der Waals surface area contributed by atoms with E-state index in [1.165, 1.54) is 41.3 Å². The maximum absolute atomic E-state index is 12.3. The molecular formula is C20H26ClN3O5S. The fraction of sp³-hybridized carbons (Fsp3) is 0.250. The van der Waals surface area contributed by atoms with E-state index >= 15 is 0 Å². The SMILES string of the molecule is CN(C)CCNS(=O)(=O)c1ccc(N(C)C(=O)/C=C/c2ccc(O)c(O)c2)cc1.Cl. The van der Waals surface area contributed by atoms with Crippen LogP contribution in [0.15, 0.2) is 53.4 Å². The average molecular weight is 456 g/mol. The molecule has 0 unspecified atom stereocenters. The van der Waals surface area contributed by atoms with Crippen LogP contribution in [0.2, 0.25) is 0 Å². The van der Waals surface area contributed by atoms with Crippen molar-refractivity contribution in [3.63, 3.8) is 0 Å². The predicted octanol–water partition coefficient (Wildman–Crippen LogP) is 2.04. The Balaban J connectivity index is 0.00000450. The lowest BCUT2D eigenvalue weighted by Crippen LogP contribution is -2.31. The zero-order valence-corrected chi connectivity index (χ0v) is 18.6. The van der Waals surface area contributed by atoms with Crippen LogP contribution < -0.4 is 9.62 Å². The Bertz CT molecular complexity index is 992. The number of carbonyl (C=O) groups is 1. The molecule has 1 amide bonds. The molecule has 164 valence electrons. The quantitative estimate of drug-likeness (QED) is 0.415. The van der Waals surface area contributed by atoms with Crippen molar-refractivity contribution < 1.29 is 23.4 Å². The molecule has 2 aromatic carbocycles. The van der Waals surface area contributed by atoms with Gasteiger partial charge in [-0.1, -0.05) is 6.07 Å². The second-order valence-corrected chi connectivity index (χ2v) is 8.44. The molecule has 2 aromatic rings. The fourth-order valence-electron chi connectivity index (χ4n) is 2.39. The second kappa shape index (κ2) is 11.0. The van der Waals surface area contributed by atoms with Crippen LogP contribution in [0.25, 0.3) is 6.08 Å². The van der Waals surface area contributed by atoms with Crippen molar-refractivity contribution in [3.8, 4) is 11.5 Å². The van der Waals surface area contributed by atoms with Crippen LogP contribution >= 0.6 is 12.4 Å². The summed E-state index contributed by atoms with van der Waals surface area (Å²) in [7, 11) is 1.67. The van der Waals surface area contributed by atoms with Crippen LogP contribution in [-0.2, 0) is 14.8 Å². The number of halogens is 1. The number of aromatic hydroxyl groups is 2. The molecule has 0 spiro atoms. The number of amides is 1. The van der Waals surface area contributed by atoms with Gasteiger partial charge in [0.15, 0.2) is 11.5 Å². The van der Waals surface area contributed by atoms with Crippen molar-refractivity contribution in [2.45, 2.75) is 4.90 Å². The van der Waals surface area contributed by atoms with Crippen molar-refractivity contribution in [1.29, 1.82) is 0 Å². The van der Waals surface area contributed by atoms with Crippen molar-refractivity contribution in [2.75, 3.05) is 39.1 Å². The summed E-state index contributed by atoms with van der Waals surface area (Å²) in [5.41, 5.74) is 1.08. The highest BCUT2D eigenvalue weighted by Crippen LogP contribution is 2.25. The second-order valence-electron chi connectivity index (χ2n) is 6.67.